The van der Waals surface area contributed by atoms with Crippen LogP contribution in [0.15, 0.2) is 52.4 Å². The predicted octanol–water partition coefficient (Wildman–Crippen LogP) is 4.52. The van der Waals surface area contributed by atoms with Crippen molar-refractivity contribution >= 4 is 40.2 Å². The molecular weight excluding hydrogens is 394 g/mol. The third kappa shape index (κ3) is 4.08. The predicted molar refractivity (Wildman–Crippen MR) is 116 cm³/mol. The van der Waals surface area contributed by atoms with Crippen LogP contribution >= 0.6 is 23.4 Å². The Morgan fingerprint density at radius 2 is 1.89 bits per heavy atom. The summed E-state index contributed by atoms with van der Waals surface area (Å²) in [6.45, 7) is 6.00. The molecule has 2 N–H and O–H groups in total. The first kappa shape index (κ1) is 20.4. The maximum absolute atomic E-state index is 13.2. The van der Waals surface area contributed by atoms with Crippen LogP contribution in [0.1, 0.15) is 38.7 Å². The van der Waals surface area contributed by atoms with Gasteiger partial charge >= 0.3 is 0 Å². The Morgan fingerprint density at radius 1 is 1.21 bits per heavy atom. The van der Waals surface area contributed by atoms with Gasteiger partial charge in [-0.05, 0) is 55.2 Å². The molecule has 1 heterocycles. The molecule has 28 heavy (non-hydrogen) atoms. The quantitative estimate of drug-likeness (QED) is 0.474. The SMILES string of the molecule is CC[C@H](C)c1ccc(-n2c(S[C@@H](C)C(N)=O)nc3cc(Cl)ccc3c2=O)cc1. The van der Waals surface area contributed by atoms with Crippen LogP contribution in [-0.2, 0) is 4.79 Å². The summed E-state index contributed by atoms with van der Waals surface area (Å²) in [5, 5.41) is 0.831. The molecule has 0 saturated carbocycles. The topological polar surface area (TPSA) is 78.0 Å². The van der Waals surface area contributed by atoms with Crippen LogP contribution < -0.4 is 11.3 Å². The summed E-state index contributed by atoms with van der Waals surface area (Å²) >= 11 is 7.22. The number of rotatable bonds is 6. The monoisotopic (exact) mass is 415 g/mol. The molecule has 146 valence electrons. The molecule has 7 heteroatoms. The summed E-state index contributed by atoms with van der Waals surface area (Å²) in [5.74, 6) is -0.0320. The Morgan fingerprint density at radius 3 is 2.50 bits per heavy atom. The zero-order valence-electron chi connectivity index (χ0n) is 16.0. The second-order valence-corrected chi connectivity index (χ2v) is 8.50. The fraction of sp³-hybridized carbons (Fsp3) is 0.286. The molecule has 1 amide bonds. The molecule has 0 aliphatic carbocycles. The van der Waals surface area contributed by atoms with Gasteiger partial charge in [0.25, 0.3) is 5.56 Å². The first-order valence-corrected chi connectivity index (χ1v) is 10.4. The minimum absolute atomic E-state index is 0.211. The van der Waals surface area contributed by atoms with Crippen molar-refractivity contribution in [1.29, 1.82) is 0 Å². The van der Waals surface area contributed by atoms with E-state index in [0.717, 1.165) is 18.2 Å². The van der Waals surface area contributed by atoms with Gasteiger partial charge in [0.05, 0.1) is 21.8 Å². The van der Waals surface area contributed by atoms with Gasteiger partial charge in [0.2, 0.25) is 5.91 Å². The number of amides is 1. The number of hydrogen-bond donors (Lipinski definition) is 1. The molecular formula is C21H22ClN3O2S. The van der Waals surface area contributed by atoms with E-state index < -0.39 is 11.2 Å². The number of nitrogens with two attached hydrogens (primary N) is 1. The van der Waals surface area contributed by atoms with Crippen LogP contribution in [0.2, 0.25) is 5.02 Å². The molecule has 0 bridgehead atoms. The van der Waals surface area contributed by atoms with E-state index in [1.807, 2.05) is 24.3 Å². The Labute approximate surface area is 172 Å². The van der Waals surface area contributed by atoms with Crippen molar-refractivity contribution in [3.63, 3.8) is 0 Å². The van der Waals surface area contributed by atoms with Crippen molar-refractivity contribution in [2.45, 2.75) is 43.5 Å². The summed E-state index contributed by atoms with van der Waals surface area (Å²) in [4.78, 5) is 29.4. The molecule has 0 fully saturated rings. The minimum Gasteiger partial charge on any atom is -0.369 e. The Kier molecular flexibility index (Phi) is 6.10. The maximum atomic E-state index is 13.2. The number of aromatic nitrogens is 2. The first-order valence-electron chi connectivity index (χ1n) is 9.10. The molecule has 3 aromatic rings. The Bertz CT molecular complexity index is 1080. The van der Waals surface area contributed by atoms with Crippen LogP contribution in [0.5, 0.6) is 0 Å². The number of fused-ring (bicyclic) bond motifs is 1. The molecule has 0 aliphatic rings. The fourth-order valence-corrected chi connectivity index (χ4v) is 3.89. The molecule has 0 spiro atoms. The van der Waals surface area contributed by atoms with E-state index in [0.29, 0.717) is 32.7 Å². The van der Waals surface area contributed by atoms with E-state index in [4.69, 9.17) is 17.3 Å². The second-order valence-electron chi connectivity index (χ2n) is 6.76. The number of benzene rings is 2. The van der Waals surface area contributed by atoms with Gasteiger partial charge in [-0.2, -0.15) is 0 Å². The van der Waals surface area contributed by atoms with Gasteiger partial charge in [-0.1, -0.05) is 49.3 Å². The lowest BCUT2D eigenvalue weighted by atomic mass is 9.98. The van der Waals surface area contributed by atoms with Crippen LogP contribution in [0.25, 0.3) is 16.6 Å². The lowest BCUT2D eigenvalue weighted by Gasteiger charge is -2.16. The van der Waals surface area contributed by atoms with E-state index >= 15 is 0 Å². The average molecular weight is 416 g/mol. The lowest BCUT2D eigenvalue weighted by Crippen LogP contribution is -2.26. The van der Waals surface area contributed by atoms with Crippen LogP contribution in [0.4, 0.5) is 0 Å². The highest BCUT2D eigenvalue weighted by molar-refractivity contribution is 8.00. The molecule has 2 aromatic carbocycles. The molecule has 0 saturated heterocycles. The highest BCUT2D eigenvalue weighted by Crippen LogP contribution is 2.27. The number of carbonyl (C=O) groups excluding carboxylic acids is 1. The summed E-state index contributed by atoms with van der Waals surface area (Å²) in [5.41, 5.74) is 7.60. The van der Waals surface area contributed by atoms with E-state index in [2.05, 4.69) is 18.8 Å². The standard InChI is InChI=1S/C21H22ClN3O2S/c1-4-12(2)14-5-8-16(9-6-14)25-20(27)17-10-7-15(22)11-18(17)24-21(25)28-13(3)19(23)26/h5-13H,4H2,1-3H3,(H2,23,26)/t12-,13-/m0/s1. The van der Waals surface area contributed by atoms with Gasteiger partial charge in [-0.25, -0.2) is 4.98 Å². The number of carbonyl (C=O) groups is 1. The Balaban J connectivity index is 2.21. The van der Waals surface area contributed by atoms with E-state index in [1.165, 1.54) is 10.1 Å². The highest BCUT2D eigenvalue weighted by Gasteiger charge is 2.19. The van der Waals surface area contributed by atoms with Crippen LogP contribution in [0, 0.1) is 0 Å². The highest BCUT2D eigenvalue weighted by atomic mass is 35.5. The normalized spacial score (nSPS) is 13.4. The zero-order chi connectivity index (χ0) is 20.4. The lowest BCUT2D eigenvalue weighted by molar-refractivity contribution is -0.117. The molecule has 2 atom stereocenters. The molecule has 0 unspecified atom stereocenters. The van der Waals surface area contributed by atoms with Crippen molar-refractivity contribution in [3.8, 4) is 5.69 Å². The van der Waals surface area contributed by atoms with Crippen molar-refractivity contribution < 1.29 is 4.79 Å². The zero-order valence-corrected chi connectivity index (χ0v) is 17.6. The van der Waals surface area contributed by atoms with Crippen molar-refractivity contribution in [2.75, 3.05) is 0 Å². The van der Waals surface area contributed by atoms with Gasteiger partial charge < -0.3 is 5.73 Å². The van der Waals surface area contributed by atoms with Gasteiger partial charge in [0.15, 0.2) is 5.16 Å². The van der Waals surface area contributed by atoms with Crippen molar-refractivity contribution in [2.24, 2.45) is 5.73 Å². The summed E-state index contributed by atoms with van der Waals surface area (Å²) in [6.07, 6.45) is 1.04. The molecule has 3 rings (SSSR count). The Hall–Kier alpha value is -2.31. The number of hydrogen-bond acceptors (Lipinski definition) is 4. The van der Waals surface area contributed by atoms with Crippen LogP contribution in [-0.4, -0.2) is 20.7 Å². The molecule has 1 aromatic heterocycles. The fourth-order valence-electron chi connectivity index (χ4n) is 2.85. The number of nitrogens with zero attached hydrogens (tertiary/aromatic N) is 2. The average Bonchev–Trinajstić information content (AvgIpc) is 2.67. The number of primary amides is 1. The number of thioether (sulfide) groups is 1. The molecule has 0 aliphatic heterocycles. The third-order valence-corrected chi connectivity index (χ3v) is 6.12. The van der Waals surface area contributed by atoms with E-state index in [9.17, 15) is 9.59 Å². The largest absolute Gasteiger partial charge is 0.369 e. The smallest absolute Gasteiger partial charge is 0.266 e. The second kappa shape index (κ2) is 8.37. The van der Waals surface area contributed by atoms with Crippen LogP contribution in [0.3, 0.4) is 0 Å². The maximum Gasteiger partial charge on any atom is 0.266 e. The van der Waals surface area contributed by atoms with Gasteiger partial charge in [0, 0.05) is 5.02 Å². The molecule has 5 nitrogen and oxygen atoms in total. The minimum atomic E-state index is -0.533. The molecule has 0 radical (unpaired) electrons. The van der Waals surface area contributed by atoms with Gasteiger partial charge in [0.1, 0.15) is 0 Å². The van der Waals surface area contributed by atoms with Crippen molar-refractivity contribution in [1.82, 2.24) is 9.55 Å². The third-order valence-electron chi connectivity index (χ3n) is 4.82. The summed E-state index contributed by atoms with van der Waals surface area (Å²) < 4.78 is 1.53. The van der Waals surface area contributed by atoms with Crippen molar-refractivity contribution in [3.05, 3.63) is 63.4 Å². The van der Waals surface area contributed by atoms with Gasteiger partial charge in [-0.3, -0.25) is 14.2 Å². The summed E-state index contributed by atoms with van der Waals surface area (Å²) in [7, 11) is 0. The number of halogens is 1. The van der Waals surface area contributed by atoms with E-state index in [-0.39, 0.29) is 5.56 Å². The summed E-state index contributed by atoms with van der Waals surface area (Å²) in [6, 6.07) is 12.8. The first-order chi connectivity index (χ1) is 13.3. The van der Waals surface area contributed by atoms with Gasteiger partial charge in [-0.15, -0.1) is 0 Å². The van der Waals surface area contributed by atoms with E-state index in [1.54, 1.807) is 25.1 Å².